The Bertz CT molecular complexity index is 885. The molecule has 0 amide bonds. The van der Waals surface area contributed by atoms with Gasteiger partial charge in [0.1, 0.15) is 11.4 Å². The molecule has 6 nitrogen and oxygen atoms in total. The summed E-state index contributed by atoms with van der Waals surface area (Å²) in [7, 11) is 1.67. The maximum absolute atomic E-state index is 6.38. The van der Waals surface area contributed by atoms with Crippen LogP contribution in [0.1, 0.15) is 32.1 Å². The topological polar surface area (TPSA) is 89.2 Å². The molecule has 0 bridgehead atoms. The van der Waals surface area contributed by atoms with E-state index in [1.165, 1.54) is 6.42 Å². The summed E-state index contributed by atoms with van der Waals surface area (Å²) in [5.74, 6) is 1.37. The first-order chi connectivity index (χ1) is 13.1. The van der Waals surface area contributed by atoms with Crippen molar-refractivity contribution in [2.45, 2.75) is 37.8 Å². The fourth-order valence-corrected chi connectivity index (χ4v) is 4.14. The molecule has 4 rings (SSSR count). The van der Waals surface area contributed by atoms with Gasteiger partial charge in [0.15, 0.2) is 0 Å². The molecule has 140 valence electrons. The average molecular weight is 363 g/mol. The van der Waals surface area contributed by atoms with Gasteiger partial charge in [0.05, 0.1) is 12.8 Å². The van der Waals surface area contributed by atoms with Crippen LogP contribution in [0.3, 0.4) is 0 Å². The van der Waals surface area contributed by atoms with E-state index in [2.05, 4.69) is 29.3 Å². The predicted octanol–water partition coefficient (Wildman–Crippen LogP) is 3.47. The van der Waals surface area contributed by atoms with Crippen LogP contribution in [0.4, 0.5) is 5.69 Å². The smallest absolute Gasteiger partial charge is 0.220 e. The number of hydrogen-bond acceptors (Lipinski definition) is 6. The first-order valence-electron chi connectivity index (χ1n) is 9.36. The number of nitrogens with two attached hydrogens (primary N) is 2. The van der Waals surface area contributed by atoms with Crippen molar-refractivity contribution < 1.29 is 4.74 Å². The molecular formula is C21H25N5O. The van der Waals surface area contributed by atoms with Gasteiger partial charge in [-0.1, -0.05) is 42.8 Å². The molecule has 6 heteroatoms. The van der Waals surface area contributed by atoms with Crippen molar-refractivity contribution in [3.63, 3.8) is 0 Å². The van der Waals surface area contributed by atoms with Crippen LogP contribution in [-0.4, -0.2) is 24.7 Å². The molecule has 1 spiro atoms. The monoisotopic (exact) mass is 363 g/mol. The summed E-state index contributed by atoms with van der Waals surface area (Å²) in [5, 5.41) is 0. The highest BCUT2D eigenvalue weighted by Gasteiger charge is 2.43. The highest BCUT2D eigenvalue weighted by Crippen LogP contribution is 2.43. The van der Waals surface area contributed by atoms with Crippen molar-refractivity contribution in [2.75, 3.05) is 12.0 Å². The van der Waals surface area contributed by atoms with Gasteiger partial charge in [-0.3, -0.25) is 4.90 Å². The minimum Gasteiger partial charge on any atom is -0.495 e. The second kappa shape index (κ2) is 6.95. The maximum atomic E-state index is 6.38. The third-order valence-electron chi connectivity index (χ3n) is 5.38. The highest BCUT2D eigenvalue weighted by molar-refractivity contribution is 6.06. The zero-order chi connectivity index (χ0) is 18.9. The molecule has 0 atom stereocenters. The van der Waals surface area contributed by atoms with Crippen molar-refractivity contribution in [2.24, 2.45) is 21.5 Å². The normalized spacial score (nSPS) is 18.8. The third kappa shape index (κ3) is 3.12. The van der Waals surface area contributed by atoms with Gasteiger partial charge in [-0.05, 0) is 48.9 Å². The Hall–Kier alpha value is -3.02. The van der Waals surface area contributed by atoms with Crippen LogP contribution in [0, 0.1) is 0 Å². The van der Waals surface area contributed by atoms with E-state index in [9.17, 15) is 0 Å². The number of aliphatic imine (C=N–C) groups is 2. The van der Waals surface area contributed by atoms with Crippen LogP contribution in [-0.2, 0) is 0 Å². The van der Waals surface area contributed by atoms with Crippen LogP contribution < -0.4 is 21.1 Å². The molecule has 1 heterocycles. The number of rotatable bonds is 3. The number of ether oxygens (including phenoxy) is 1. The van der Waals surface area contributed by atoms with E-state index in [0.717, 1.165) is 48.2 Å². The van der Waals surface area contributed by atoms with E-state index in [1.54, 1.807) is 7.11 Å². The van der Waals surface area contributed by atoms with E-state index < -0.39 is 5.66 Å². The van der Waals surface area contributed by atoms with E-state index in [1.807, 2.05) is 29.2 Å². The Labute approximate surface area is 159 Å². The molecule has 0 radical (unpaired) electrons. The van der Waals surface area contributed by atoms with Gasteiger partial charge >= 0.3 is 0 Å². The summed E-state index contributed by atoms with van der Waals surface area (Å²) in [6.45, 7) is 0. The van der Waals surface area contributed by atoms with Gasteiger partial charge < -0.3 is 16.2 Å². The van der Waals surface area contributed by atoms with Crippen molar-refractivity contribution in [1.82, 2.24) is 0 Å². The minimum absolute atomic E-state index is 0.254. The van der Waals surface area contributed by atoms with E-state index in [-0.39, 0.29) is 5.96 Å². The van der Waals surface area contributed by atoms with Crippen molar-refractivity contribution in [1.29, 1.82) is 0 Å². The summed E-state index contributed by atoms with van der Waals surface area (Å²) < 4.78 is 5.67. The molecule has 27 heavy (non-hydrogen) atoms. The highest BCUT2D eigenvalue weighted by atomic mass is 16.5. The minimum atomic E-state index is -0.489. The molecule has 2 aromatic rings. The SMILES string of the molecule is COc1ccc(-c2ccccc2)cc1N1C(N)=NC(N)=NC12CCCCC2. The molecule has 2 aliphatic rings. The third-order valence-corrected chi connectivity index (χ3v) is 5.38. The lowest BCUT2D eigenvalue weighted by molar-refractivity contribution is 0.303. The fourth-order valence-electron chi connectivity index (χ4n) is 4.14. The lowest BCUT2D eigenvalue weighted by atomic mass is 9.87. The molecule has 2 aromatic carbocycles. The molecule has 1 saturated carbocycles. The van der Waals surface area contributed by atoms with Crippen LogP contribution in [0.2, 0.25) is 0 Å². The molecule has 4 N–H and O–H groups in total. The maximum Gasteiger partial charge on any atom is 0.220 e. The number of guanidine groups is 2. The van der Waals surface area contributed by atoms with Gasteiger partial charge in [-0.25, -0.2) is 4.99 Å². The van der Waals surface area contributed by atoms with Crippen molar-refractivity contribution in [3.8, 4) is 16.9 Å². The molecule has 0 saturated heterocycles. The standard InChI is InChI=1S/C21H25N5O/c1-27-18-11-10-16(15-8-4-2-5-9-15)14-17(18)26-20(23)24-19(22)25-21(26)12-6-3-7-13-21/h2,4-5,8-11,14H,3,6-7,12-13H2,1H3,(H4,22,23,24,25). The van der Waals surface area contributed by atoms with Crippen LogP contribution >= 0.6 is 0 Å². The second-order valence-electron chi connectivity index (χ2n) is 7.07. The first-order valence-corrected chi connectivity index (χ1v) is 9.36. The molecule has 0 unspecified atom stereocenters. The Morgan fingerprint density at radius 2 is 1.70 bits per heavy atom. The lowest BCUT2D eigenvalue weighted by Gasteiger charge is -2.46. The average Bonchev–Trinajstić information content (AvgIpc) is 2.68. The van der Waals surface area contributed by atoms with Gasteiger partial charge in [-0.2, -0.15) is 4.99 Å². The van der Waals surface area contributed by atoms with E-state index >= 15 is 0 Å². The summed E-state index contributed by atoms with van der Waals surface area (Å²) in [6, 6.07) is 16.4. The molecule has 1 aliphatic heterocycles. The van der Waals surface area contributed by atoms with Crippen LogP contribution in [0.25, 0.3) is 11.1 Å². The Balaban J connectivity index is 1.86. The Kier molecular flexibility index (Phi) is 4.48. The van der Waals surface area contributed by atoms with Crippen molar-refractivity contribution in [3.05, 3.63) is 48.5 Å². The summed E-state index contributed by atoms with van der Waals surface area (Å²) in [4.78, 5) is 11.0. The molecular weight excluding hydrogens is 338 g/mol. The van der Waals surface area contributed by atoms with Crippen LogP contribution in [0.15, 0.2) is 58.5 Å². The zero-order valence-electron chi connectivity index (χ0n) is 15.6. The number of hydrogen-bond donors (Lipinski definition) is 2. The zero-order valence-corrected chi connectivity index (χ0v) is 15.6. The van der Waals surface area contributed by atoms with Gasteiger partial charge in [0.2, 0.25) is 11.9 Å². The largest absolute Gasteiger partial charge is 0.495 e. The number of benzene rings is 2. The molecule has 0 aromatic heterocycles. The number of anilines is 1. The summed E-state index contributed by atoms with van der Waals surface area (Å²) >= 11 is 0. The fraction of sp³-hybridized carbons (Fsp3) is 0.333. The van der Waals surface area contributed by atoms with Crippen LogP contribution in [0.5, 0.6) is 5.75 Å². The Morgan fingerprint density at radius 3 is 2.41 bits per heavy atom. The van der Waals surface area contributed by atoms with Gasteiger partial charge in [-0.15, -0.1) is 0 Å². The first kappa shape index (κ1) is 17.4. The number of methoxy groups -OCH3 is 1. The van der Waals surface area contributed by atoms with Crippen molar-refractivity contribution >= 4 is 17.6 Å². The van der Waals surface area contributed by atoms with E-state index in [0.29, 0.717) is 5.96 Å². The Morgan fingerprint density at radius 1 is 0.963 bits per heavy atom. The number of nitrogens with zero attached hydrogens (tertiary/aromatic N) is 3. The molecule has 1 aliphatic carbocycles. The molecule has 1 fully saturated rings. The summed E-state index contributed by atoms with van der Waals surface area (Å²) in [6.07, 6.45) is 5.15. The predicted molar refractivity (Wildman–Crippen MR) is 110 cm³/mol. The second-order valence-corrected chi connectivity index (χ2v) is 7.07. The lowest BCUT2D eigenvalue weighted by Crippen LogP contribution is -2.58. The van der Waals surface area contributed by atoms with E-state index in [4.69, 9.17) is 21.2 Å². The van der Waals surface area contributed by atoms with Gasteiger partial charge in [0, 0.05) is 0 Å². The quantitative estimate of drug-likeness (QED) is 0.874. The summed E-state index contributed by atoms with van der Waals surface area (Å²) in [5.41, 5.74) is 15.0. The van der Waals surface area contributed by atoms with Gasteiger partial charge in [0.25, 0.3) is 0 Å².